The van der Waals surface area contributed by atoms with E-state index in [1.807, 2.05) is 6.07 Å². The molecule has 0 aromatic heterocycles. The summed E-state index contributed by atoms with van der Waals surface area (Å²) in [4.78, 5) is 0. The summed E-state index contributed by atoms with van der Waals surface area (Å²) in [6.45, 7) is 7.57. The Morgan fingerprint density at radius 2 is 1.37 bits per heavy atom. The Hall–Kier alpha value is -2.20. The highest BCUT2D eigenvalue weighted by atomic mass is 28.4. The van der Waals surface area contributed by atoms with Crippen molar-refractivity contribution < 1.29 is 9.53 Å². The fourth-order valence-corrected chi connectivity index (χ4v) is 9.62. The number of fused-ring (bicyclic) bond motifs is 1. The van der Waals surface area contributed by atoms with Crippen LogP contribution in [-0.4, -0.2) is 20.0 Å². The Bertz CT molecular complexity index is 923. The first-order valence-corrected chi connectivity index (χ1v) is 12.9. The lowest BCUT2D eigenvalue weighted by Gasteiger charge is -2.43. The molecule has 0 radical (unpaired) electrons. The molecule has 0 spiro atoms. The Morgan fingerprint density at radius 1 is 0.833 bits per heavy atom. The molecule has 3 aromatic carbocycles. The van der Waals surface area contributed by atoms with E-state index in [0.29, 0.717) is 6.61 Å². The van der Waals surface area contributed by atoms with Crippen molar-refractivity contribution >= 4 is 18.7 Å². The molecule has 156 valence electrons. The summed E-state index contributed by atoms with van der Waals surface area (Å²) in [7, 11) is -2.50. The molecule has 3 heteroatoms. The summed E-state index contributed by atoms with van der Waals surface area (Å²) in [6.07, 6.45) is 1.41. The molecule has 1 N–H and O–H groups in total. The molecule has 2 atom stereocenters. The second-order valence-corrected chi connectivity index (χ2v) is 13.7. The van der Waals surface area contributed by atoms with Crippen LogP contribution in [0.15, 0.2) is 84.9 Å². The molecule has 30 heavy (non-hydrogen) atoms. The normalized spacial score (nSPS) is 18.9. The number of hydrogen-bond donors (Lipinski definition) is 1. The van der Waals surface area contributed by atoms with Crippen LogP contribution in [-0.2, 0) is 10.8 Å². The van der Waals surface area contributed by atoms with Crippen LogP contribution in [0.2, 0.25) is 5.04 Å². The van der Waals surface area contributed by atoms with Gasteiger partial charge in [0.25, 0.3) is 8.32 Å². The van der Waals surface area contributed by atoms with Crippen molar-refractivity contribution in [3.63, 3.8) is 0 Å². The summed E-state index contributed by atoms with van der Waals surface area (Å²) in [5.41, 5.74) is 2.37. The Morgan fingerprint density at radius 3 is 1.90 bits per heavy atom. The van der Waals surface area contributed by atoms with Crippen molar-refractivity contribution in [3.8, 4) is 0 Å². The van der Waals surface area contributed by atoms with Crippen molar-refractivity contribution in [1.82, 2.24) is 0 Å². The van der Waals surface area contributed by atoms with Gasteiger partial charge in [-0.1, -0.05) is 106 Å². The molecule has 2 unspecified atom stereocenters. The number of aliphatic hydroxyl groups excluding tert-OH is 1. The highest BCUT2D eigenvalue weighted by Gasteiger charge is 2.50. The van der Waals surface area contributed by atoms with Gasteiger partial charge in [-0.05, 0) is 45.3 Å². The molecule has 0 bridgehead atoms. The van der Waals surface area contributed by atoms with Gasteiger partial charge in [0.2, 0.25) is 0 Å². The summed E-state index contributed by atoms with van der Waals surface area (Å²) >= 11 is 0. The summed E-state index contributed by atoms with van der Waals surface area (Å²) < 4.78 is 7.00. The average Bonchev–Trinajstić information content (AvgIpc) is 3.07. The van der Waals surface area contributed by atoms with E-state index in [0.717, 1.165) is 18.4 Å². The fourth-order valence-electron chi connectivity index (χ4n) is 5.04. The van der Waals surface area contributed by atoms with Crippen LogP contribution < -0.4 is 10.4 Å². The SMILES string of the molecule is CC(C)(C)[Si](OCCC1Cc2ccccc2C1O)(c1ccccc1)c1ccccc1. The molecule has 2 nitrogen and oxygen atoms in total. The molecule has 0 saturated heterocycles. The molecular formula is C27H32O2Si. The summed E-state index contributed by atoms with van der Waals surface area (Å²) in [5, 5.41) is 13.4. The van der Waals surface area contributed by atoms with Gasteiger partial charge >= 0.3 is 0 Å². The lowest BCUT2D eigenvalue weighted by Crippen LogP contribution is -2.66. The fraction of sp³-hybridized carbons (Fsp3) is 0.333. The highest BCUT2D eigenvalue weighted by Crippen LogP contribution is 2.40. The number of hydrogen-bond acceptors (Lipinski definition) is 2. The van der Waals surface area contributed by atoms with Gasteiger partial charge in [0.15, 0.2) is 0 Å². The van der Waals surface area contributed by atoms with Crippen LogP contribution in [0.1, 0.15) is 44.4 Å². The van der Waals surface area contributed by atoms with Crippen LogP contribution in [0.4, 0.5) is 0 Å². The van der Waals surface area contributed by atoms with Crippen molar-refractivity contribution in [2.75, 3.05) is 6.61 Å². The maximum absolute atomic E-state index is 10.8. The van der Waals surface area contributed by atoms with E-state index in [9.17, 15) is 5.11 Å². The van der Waals surface area contributed by atoms with Crippen molar-refractivity contribution in [2.24, 2.45) is 5.92 Å². The smallest absolute Gasteiger partial charge is 0.261 e. The minimum Gasteiger partial charge on any atom is -0.407 e. The van der Waals surface area contributed by atoms with Gasteiger partial charge in [-0.25, -0.2) is 0 Å². The maximum atomic E-state index is 10.8. The third-order valence-corrected chi connectivity index (χ3v) is 11.6. The van der Waals surface area contributed by atoms with E-state index in [-0.39, 0.29) is 17.1 Å². The summed E-state index contributed by atoms with van der Waals surface area (Å²) in [6, 6.07) is 29.8. The highest BCUT2D eigenvalue weighted by molar-refractivity contribution is 6.99. The molecule has 0 aliphatic heterocycles. The topological polar surface area (TPSA) is 29.5 Å². The first kappa shape index (κ1) is 21.0. The molecule has 0 heterocycles. The minimum absolute atomic E-state index is 0.0209. The largest absolute Gasteiger partial charge is 0.407 e. The predicted molar refractivity (Wildman–Crippen MR) is 127 cm³/mol. The molecular weight excluding hydrogens is 384 g/mol. The molecule has 1 aliphatic rings. The standard InChI is InChI=1S/C27H32O2Si/c1-27(2,3)30(23-13-6-4-7-14-23,24-15-8-5-9-16-24)29-19-18-22-20-21-12-10-11-17-25(21)26(22)28/h4-17,22,26,28H,18-20H2,1-3H3. The zero-order valence-corrected chi connectivity index (χ0v) is 19.2. The second kappa shape index (κ2) is 8.50. The van der Waals surface area contributed by atoms with E-state index in [1.165, 1.54) is 15.9 Å². The molecule has 1 aliphatic carbocycles. The quantitative estimate of drug-likeness (QED) is 0.582. The van der Waals surface area contributed by atoms with E-state index >= 15 is 0 Å². The van der Waals surface area contributed by atoms with E-state index in [4.69, 9.17) is 4.43 Å². The molecule has 0 saturated carbocycles. The van der Waals surface area contributed by atoms with Crippen LogP contribution in [0.3, 0.4) is 0 Å². The van der Waals surface area contributed by atoms with Gasteiger partial charge < -0.3 is 9.53 Å². The van der Waals surface area contributed by atoms with Crippen molar-refractivity contribution in [2.45, 2.75) is 44.8 Å². The Labute approximate surface area is 181 Å². The van der Waals surface area contributed by atoms with Crippen LogP contribution in [0.5, 0.6) is 0 Å². The third-order valence-electron chi connectivity index (χ3n) is 6.53. The van der Waals surface area contributed by atoms with Gasteiger partial charge in [0.1, 0.15) is 0 Å². The van der Waals surface area contributed by atoms with Gasteiger partial charge in [0.05, 0.1) is 6.10 Å². The third kappa shape index (κ3) is 3.78. The second-order valence-electron chi connectivity index (χ2n) is 9.41. The Kier molecular flexibility index (Phi) is 5.96. The van der Waals surface area contributed by atoms with E-state index in [2.05, 4.69) is 99.6 Å². The number of rotatable bonds is 6. The molecule has 0 fully saturated rings. The summed E-state index contributed by atoms with van der Waals surface area (Å²) in [5.74, 6) is 0.223. The Balaban J connectivity index is 1.62. The van der Waals surface area contributed by atoms with Gasteiger partial charge in [-0.2, -0.15) is 0 Å². The average molecular weight is 417 g/mol. The van der Waals surface area contributed by atoms with Crippen LogP contribution in [0, 0.1) is 5.92 Å². The van der Waals surface area contributed by atoms with Gasteiger partial charge in [-0.15, -0.1) is 0 Å². The van der Waals surface area contributed by atoms with Crippen LogP contribution in [0.25, 0.3) is 0 Å². The zero-order chi connectivity index (χ0) is 21.2. The van der Waals surface area contributed by atoms with Crippen molar-refractivity contribution in [3.05, 3.63) is 96.1 Å². The van der Waals surface area contributed by atoms with Crippen LogP contribution >= 0.6 is 0 Å². The lowest BCUT2D eigenvalue weighted by atomic mass is 10.0. The molecule has 4 rings (SSSR count). The lowest BCUT2D eigenvalue weighted by molar-refractivity contribution is 0.105. The first-order chi connectivity index (χ1) is 14.4. The van der Waals surface area contributed by atoms with Crippen molar-refractivity contribution in [1.29, 1.82) is 0 Å². The maximum Gasteiger partial charge on any atom is 0.261 e. The monoisotopic (exact) mass is 416 g/mol. The van der Waals surface area contributed by atoms with Gasteiger partial charge in [0, 0.05) is 6.61 Å². The van der Waals surface area contributed by atoms with E-state index < -0.39 is 8.32 Å². The molecule has 3 aromatic rings. The predicted octanol–water partition coefficient (Wildman–Crippen LogP) is 4.86. The first-order valence-electron chi connectivity index (χ1n) is 10.9. The number of aliphatic hydroxyl groups is 1. The molecule has 0 amide bonds. The van der Waals surface area contributed by atoms with E-state index in [1.54, 1.807) is 0 Å². The zero-order valence-electron chi connectivity index (χ0n) is 18.2. The van der Waals surface area contributed by atoms with Gasteiger partial charge in [-0.3, -0.25) is 0 Å². The minimum atomic E-state index is -2.50. The number of benzene rings is 3.